The predicted octanol–water partition coefficient (Wildman–Crippen LogP) is 3.58. The van der Waals surface area contributed by atoms with E-state index in [9.17, 15) is 19.2 Å². The molecule has 186 valence electrons. The summed E-state index contributed by atoms with van der Waals surface area (Å²) in [5.41, 5.74) is 2.35. The molecule has 2 atom stereocenters. The predicted molar refractivity (Wildman–Crippen MR) is 131 cm³/mol. The first-order chi connectivity index (χ1) is 16.9. The molecule has 0 spiro atoms. The highest BCUT2D eigenvalue weighted by atomic mass is 32.1. The maximum Gasteiger partial charge on any atom is 0.341 e. The second-order valence-electron chi connectivity index (χ2n) is 9.09. The zero-order chi connectivity index (χ0) is 24.9. The summed E-state index contributed by atoms with van der Waals surface area (Å²) in [5.74, 6) is -1.76. The maximum atomic E-state index is 12.6. The van der Waals surface area contributed by atoms with Crippen molar-refractivity contribution in [3.63, 3.8) is 0 Å². The quantitative estimate of drug-likeness (QED) is 0.558. The van der Waals surface area contributed by atoms with E-state index >= 15 is 0 Å². The smallest absolute Gasteiger partial charge is 0.341 e. The average Bonchev–Trinajstić information content (AvgIpc) is 3.37. The van der Waals surface area contributed by atoms with Crippen molar-refractivity contribution in [2.45, 2.75) is 46.1 Å². The number of carbonyl (C=O) groups is 4. The van der Waals surface area contributed by atoms with Crippen molar-refractivity contribution < 1.29 is 28.7 Å². The number of ether oxygens (including phenoxy) is 2. The largest absolute Gasteiger partial charge is 0.462 e. The number of carbonyl (C=O) groups excluding carboxylic acids is 4. The molecule has 2 amide bonds. The van der Waals surface area contributed by atoms with Crippen molar-refractivity contribution in [2.75, 3.05) is 25.1 Å². The number of nitrogens with zero attached hydrogens (tertiary/aromatic N) is 1. The fourth-order valence-corrected chi connectivity index (χ4v) is 5.98. The lowest BCUT2D eigenvalue weighted by Crippen LogP contribution is -2.28. The van der Waals surface area contributed by atoms with Crippen LogP contribution in [0.4, 0.5) is 5.00 Å². The van der Waals surface area contributed by atoms with Crippen LogP contribution in [0.25, 0.3) is 0 Å². The van der Waals surface area contributed by atoms with Crippen molar-refractivity contribution in [1.82, 2.24) is 4.90 Å². The highest BCUT2D eigenvalue weighted by Crippen LogP contribution is 2.40. The van der Waals surface area contributed by atoms with Crippen LogP contribution in [0.15, 0.2) is 30.3 Å². The number of likely N-dealkylation sites (tertiary alicyclic amines) is 1. The first-order valence-corrected chi connectivity index (χ1v) is 12.8. The first kappa shape index (κ1) is 24.9. The van der Waals surface area contributed by atoms with Gasteiger partial charge in [-0.1, -0.05) is 37.3 Å². The maximum absolute atomic E-state index is 12.6. The molecular formula is C26H30N2O6S. The fourth-order valence-electron chi connectivity index (χ4n) is 4.56. The number of benzene rings is 1. The summed E-state index contributed by atoms with van der Waals surface area (Å²) in [6.45, 7) is 4.36. The van der Waals surface area contributed by atoms with Gasteiger partial charge in [-0.05, 0) is 43.2 Å². The number of hydrogen-bond donors (Lipinski definition) is 1. The van der Waals surface area contributed by atoms with Gasteiger partial charge in [-0.2, -0.15) is 0 Å². The van der Waals surface area contributed by atoms with Gasteiger partial charge in [-0.3, -0.25) is 14.4 Å². The number of esters is 2. The third kappa shape index (κ3) is 5.90. The third-order valence-electron chi connectivity index (χ3n) is 6.35. The van der Waals surface area contributed by atoms with E-state index in [2.05, 4.69) is 12.2 Å². The summed E-state index contributed by atoms with van der Waals surface area (Å²) >= 11 is 1.38. The molecule has 1 saturated heterocycles. The Hall–Kier alpha value is -3.20. The lowest BCUT2D eigenvalue weighted by atomic mass is 9.88. The van der Waals surface area contributed by atoms with Gasteiger partial charge in [0.05, 0.1) is 18.1 Å². The van der Waals surface area contributed by atoms with Crippen molar-refractivity contribution in [3.05, 3.63) is 51.9 Å². The summed E-state index contributed by atoms with van der Waals surface area (Å²) in [6.07, 6.45) is 2.66. The normalized spacial score (nSPS) is 19.3. The van der Waals surface area contributed by atoms with Crippen LogP contribution < -0.4 is 5.32 Å². The summed E-state index contributed by atoms with van der Waals surface area (Å²) in [5, 5.41) is 3.18. The van der Waals surface area contributed by atoms with Crippen LogP contribution in [0.5, 0.6) is 0 Å². The molecule has 2 aromatic rings. The average molecular weight is 499 g/mol. The molecule has 0 unspecified atom stereocenters. The van der Waals surface area contributed by atoms with Gasteiger partial charge in [0.2, 0.25) is 5.91 Å². The van der Waals surface area contributed by atoms with E-state index in [0.717, 1.165) is 35.3 Å². The van der Waals surface area contributed by atoms with Crippen molar-refractivity contribution in [3.8, 4) is 0 Å². The van der Waals surface area contributed by atoms with Gasteiger partial charge in [0.25, 0.3) is 5.91 Å². The van der Waals surface area contributed by atoms with E-state index in [-0.39, 0.29) is 25.5 Å². The SMILES string of the molecule is CCOC(=O)c1c(NC(=O)COC(=O)[C@@H]2CC(=O)N(Cc3ccccc3)C2)sc2c1CC[C@H](C)C2. The van der Waals surface area contributed by atoms with E-state index in [1.54, 1.807) is 11.8 Å². The zero-order valence-electron chi connectivity index (χ0n) is 20.0. The number of nitrogens with one attached hydrogen (secondary N) is 1. The number of fused-ring (bicyclic) bond motifs is 1. The van der Waals surface area contributed by atoms with E-state index in [0.29, 0.717) is 23.0 Å². The fraction of sp³-hybridized carbons (Fsp3) is 0.462. The van der Waals surface area contributed by atoms with Crippen molar-refractivity contribution in [1.29, 1.82) is 0 Å². The molecular weight excluding hydrogens is 468 g/mol. The minimum absolute atomic E-state index is 0.0656. The number of thiophene rings is 1. The Morgan fingerprint density at radius 2 is 1.91 bits per heavy atom. The molecule has 1 aromatic carbocycles. The molecule has 1 aliphatic heterocycles. The monoisotopic (exact) mass is 498 g/mol. The first-order valence-electron chi connectivity index (χ1n) is 12.0. The van der Waals surface area contributed by atoms with Crippen LogP contribution in [-0.2, 0) is 43.2 Å². The topological polar surface area (TPSA) is 102 Å². The van der Waals surface area contributed by atoms with Gasteiger partial charge < -0.3 is 19.7 Å². The Bertz CT molecular complexity index is 1110. The second kappa shape index (κ2) is 11.0. The Balaban J connectivity index is 1.34. The zero-order valence-corrected chi connectivity index (χ0v) is 20.8. The molecule has 1 N–H and O–H groups in total. The van der Waals surface area contributed by atoms with Gasteiger partial charge in [0.1, 0.15) is 5.00 Å². The van der Waals surface area contributed by atoms with Crippen LogP contribution in [-0.4, -0.2) is 48.4 Å². The minimum atomic E-state index is -0.607. The molecule has 4 rings (SSSR count). The van der Waals surface area contributed by atoms with Gasteiger partial charge >= 0.3 is 11.9 Å². The van der Waals surface area contributed by atoms with Gasteiger partial charge in [0, 0.05) is 24.4 Å². The molecule has 1 aliphatic carbocycles. The molecule has 0 radical (unpaired) electrons. The molecule has 1 aromatic heterocycles. The lowest BCUT2D eigenvalue weighted by Gasteiger charge is -2.18. The minimum Gasteiger partial charge on any atom is -0.462 e. The molecule has 2 heterocycles. The summed E-state index contributed by atoms with van der Waals surface area (Å²) in [7, 11) is 0. The lowest BCUT2D eigenvalue weighted by molar-refractivity contribution is -0.151. The molecule has 2 aliphatic rings. The van der Waals surface area contributed by atoms with E-state index < -0.39 is 30.4 Å². The highest BCUT2D eigenvalue weighted by molar-refractivity contribution is 7.17. The summed E-state index contributed by atoms with van der Waals surface area (Å²) < 4.78 is 10.5. The van der Waals surface area contributed by atoms with Crippen LogP contribution in [0, 0.1) is 11.8 Å². The molecule has 9 heteroatoms. The van der Waals surface area contributed by atoms with Crippen LogP contribution >= 0.6 is 11.3 Å². The van der Waals surface area contributed by atoms with E-state index in [1.165, 1.54) is 11.3 Å². The molecule has 0 saturated carbocycles. The second-order valence-corrected chi connectivity index (χ2v) is 10.2. The Morgan fingerprint density at radius 1 is 1.14 bits per heavy atom. The van der Waals surface area contributed by atoms with Crippen molar-refractivity contribution in [2.24, 2.45) is 11.8 Å². The molecule has 8 nitrogen and oxygen atoms in total. The number of hydrogen-bond acceptors (Lipinski definition) is 7. The van der Waals surface area contributed by atoms with E-state index in [4.69, 9.17) is 9.47 Å². The van der Waals surface area contributed by atoms with Gasteiger partial charge in [-0.15, -0.1) is 11.3 Å². The molecule has 35 heavy (non-hydrogen) atoms. The van der Waals surface area contributed by atoms with Crippen molar-refractivity contribution >= 4 is 40.1 Å². The third-order valence-corrected chi connectivity index (χ3v) is 7.52. The van der Waals surface area contributed by atoms with Crippen LogP contribution in [0.3, 0.4) is 0 Å². The Kier molecular flexibility index (Phi) is 7.85. The number of amides is 2. The van der Waals surface area contributed by atoms with Gasteiger partial charge in [-0.25, -0.2) is 4.79 Å². The Morgan fingerprint density at radius 3 is 2.66 bits per heavy atom. The highest BCUT2D eigenvalue weighted by Gasteiger charge is 2.36. The standard InChI is InChI=1S/C26H30N2O6S/c1-3-33-26(32)23-19-10-9-16(2)11-20(19)35-24(23)27-21(29)15-34-25(31)18-12-22(30)28(14-18)13-17-7-5-4-6-8-17/h4-8,16,18H,3,9-15H2,1-2H3,(H,27,29)/t16-,18+/m0/s1. The van der Waals surface area contributed by atoms with Gasteiger partial charge in [0.15, 0.2) is 6.61 Å². The van der Waals surface area contributed by atoms with Crippen LogP contribution in [0.1, 0.15) is 53.1 Å². The molecule has 0 bridgehead atoms. The van der Waals surface area contributed by atoms with E-state index in [1.807, 2.05) is 30.3 Å². The summed E-state index contributed by atoms with van der Waals surface area (Å²) in [4.78, 5) is 52.8. The summed E-state index contributed by atoms with van der Waals surface area (Å²) in [6, 6.07) is 9.56. The number of anilines is 1. The Labute approximate surface area is 208 Å². The molecule has 1 fully saturated rings. The van der Waals surface area contributed by atoms with Crippen LogP contribution in [0.2, 0.25) is 0 Å². The number of rotatable bonds is 8.